The van der Waals surface area contributed by atoms with Crippen molar-refractivity contribution in [1.29, 1.82) is 0 Å². The van der Waals surface area contributed by atoms with Crippen molar-refractivity contribution >= 4 is 11.7 Å². The average molecular weight is 475 g/mol. The summed E-state index contributed by atoms with van der Waals surface area (Å²) in [6.07, 6.45) is 5.53. The zero-order valence-corrected chi connectivity index (χ0v) is 20.5. The van der Waals surface area contributed by atoms with Gasteiger partial charge in [0.25, 0.3) is 0 Å². The van der Waals surface area contributed by atoms with E-state index in [2.05, 4.69) is 5.32 Å². The second-order valence-corrected chi connectivity index (χ2v) is 8.84. The fraction of sp³-hybridized carbons (Fsp3) is 0.345. The van der Waals surface area contributed by atoms with Crippen LogP contribution in [0, 0.1) is 0 Å². The Labute approximate surface area is 207 Å². The van der Waals surface area contributed by atoms with Gasteiger partial charge in [0.2, 0.25) is 0 Å². The number of hydrogen-bond acceptors (Lipinski definition) is 4. The highest BCUT2D eigenvalue weighted by Gasteiger charge is 2.26. The largest absolute Gasteiger partial charge is 0.497 e. The molecule has 1 saturated carbocycles. The Balaban J connectivity index is 1.53. The van der Waals surface area contributed by atoms with E-state index in [4.69, 9.17) is 14.2 Å². The molecule has 3 aromatic rings. The summed E-state index contributed by atoms with van der Waals surface area (Å²) in [6, 6.07) is 23.5. The molecule has 4 rings (SSSR count). The van der Waals surface area contributed by atoms with Crippen LogP contribution in [0.25, 0.3) is 0 Å². The smallest absolute Gasteiger partial charge is 0.322 e. The van der Waals surface area contributed by atoms with E-state index in [-0.39, 0.29) is 12.1 Å². The van der Waals surface area contributed by atoms with Crippen LogP contribution < -0.4 is 19.5 Å². The molecule has 0 atom stereocenters. The first-order valence-corrected chi connectivity index (χ1v) is 12.2. The Hall–Kier alpha value is -3.67. The Morgan fingerprint density at radius 2 is 1.66 bits per heavy atom. The lowest BCUT2D eigenvalue weighted by atomic mass is 9.94. The van der Waals surface area contributed by atoms with E-state index in [1.165, 1.54) is 6.42 Å². The number of urea groups is 1. The van der Waals surface area contributed by atoms with Gasteiger partial charge in [-0.05, 0) is 48.2 Å². The summed E-state index contributed by atoms with van der Waals surface area (Å²) in [5.41, 5.74) is 2.80. The van der Waals surface area contributed by atoms with Gasteiger partial charge in [0.15, 0.2) is 11.5 Å². The number of benzene rings is 3. The SMILES string of the molecule is COc1cccc(NC(=O)N(Cc2ccc(OC)c(OCc3ccccc3)c2)C2CCCCC2)c1. The van der Waals surface area contributed by atoms with Crippen molar-refractivity contribution in [2.75, 3.05) is 19.5 Å². The lowest BCUT2D eigenvalue weighted by molar-refractivity contribution is 0.162. The number of carbonyl (C=O) groups is 1. The first-order chi connectivity index (χ1) is 17.2. The number of ether oxygens (including phenoxy) is 3. The minimum Gasteiger partial charge on any atom is -0.497 e. The first-order valence-electron chi connectivity index (χ1n) is 12.2. The molecule has 1 N–H and O–H groups in total. The van der Waals surface area contributed by atoms with Gasteiger partial charge >= 0.3 is 6.03 Å². The van der Waals surface area contributed by atoms with Crippen molar-refractivity contribution in [2.45, 2.75) is 51.3 Å². The van der Waals surface area contributed by atoms with Gasteiger partial charge in [0.05, 0.1) is 14.2 Å². The third-order valence-corrected chi connectivity index (χ3v) is 6.42. The van der Waals surface area contributed by atoms with Gasteiger partial charge in [0, 0.05) is 24.3 Å². The van der Waals surface area contributed by atoms with Gasteiger partial charge in [-0.25, -0.2) is 4.79 Å². The van der Waals surface area contributed by atoms with Gasteiger partial charge in [0.1, 0.15) is 12.4 Å². The topological polar surface area (TPSA) is 60.0 Å². The molecular weight excluding hydrogens is 440 g/mol. The molecule has 0 aliphatic heterocycles. The number of nitrogens with zero attached hydrogens (tertiary/aromatic N) is 1. The molecular formula is C29H34N2O4. The van der Waals surface area contributed by atoms with Crippen LogP contribution in [0.3, 0.4) is 0 Å². The number of methoxy groups -OCH3 is 2. The summed E-state index contributed by atoms with van der Waals surface area (Å²) in [4.78, 5) is 15.4. The molecule has 1 aliphatic carbocycles. The standard InChI is InChI=1S/C29H34N2O4/c1-33-26-15-9-12-24(19-26)30-29(32)31(25-13-7-4-8-14-25)20-23-16-17-27(34-2)28(18-23)35-21-22-10-5-3-6-11-22/h3,5-6,9-12,15-19,25H,4,7-8,13-14,20-21H2,1-2H3,(H,30,32). The minimum absolute atomic E-state index is 0.104. The molecule has 3 aromatic carbocycles. The molecule has 2 amide bonds. The molecule has 35 heavy (non-hydrogen) atoms. The van der Waals surface area contributed by atoms with Crippen LogP contribution >= 0.6 is 0 Å². The highest BCUT2D eigenvalue weighted by Crippen LogP contribution is 2.31. The van der Waals surface area contributed by atoms with E-state index in [0.717, 1.165) is 42.5 Å². The van der Waals surface area contributed by atoms with Crippen molar-refractivity contribution in [3.05, 3.63) is 83.9 Å². The van der Waals surface area contributed by atoms with Crippen LogP contribution in [0.1, 0.15) is 43.2 Å². The highest BCUT2D eigenvalue weighted by atomic mass is 16.5. The first kappa shape index (κ1) is 24.5. The van der Waals surface area contributed by atoms with Crippen molar-refractivity contribution < 1.29 is 19.0 Å². The second-order valence-electron chi connectivity index (χ2n) is 8.84. The van der Waals surface area contributed by atoms with Crippen molar-refractivity contribution in [1.82, 2.24) is 4.90 Å². The zero-order chi connectivity index (χ0) is 24.5. The second kappa shape index (κ2) is 12.2. The third-order valence-electron chi connectivity index (χ3n) is 6.42. The lowest BCUT2D eigenvalue weighted by Crippen LogP contribution is -2.43. The molecule has 184 valence electrons. The molecule has 1 aliphatic rings. The van der Waals surface area contributed by atoms with Crippen LogP contribution in [-0.2, 0) is 13.2 Å². The van der Waals surface area contributed by atoms with Gasteiger partial charge in [-0.15, -0.1) is 0 Å². The summed E-state index contributed by atoms with van der Waals surface area (Å²) in [6.45, 7) is 0.940. The highest BCUT2D eigenvalue weighted by molar-refractivity contribution is 5.89. The quantitative estimate of drug-likeness (QED) is 0.377. The van der Waals surface area contributed by atoms with Crippen LogP contribution in [0.5, 0.6) is 17.2 Å². The maximum atomic E-state index is 13.5. The van der Waals surface area contributed by atoms with Gasteiger partial charge < -0.3 is 24.4 Å². The number of nitrogens with one attached hydrogen (secondary N) is 1. The number of anilines is 1. The molecule has 1 fully saturated rings. The van der Waals surface area contributed by atoms with Gasteiger partial charge in [-0.1, -0.05) is 61.7 Å². The maximum absolute atomic E-state index is 13.5. The van der Waals surface area contributed by atoms with Crippen molar-refractivity contribution in [3.63, 3.8) is 0 Å². The van der Waals surface area contributed by atoms with E-state index in [9.17, 15) is 4.79 Å². The summed E-state index contributed by atoms with van der Waals surface area (Å²) in [5, 5.41) is 3.07. The molecule has 0 spiro atoms. The molecule has 0 bridgehead atoms. The molecule has 0 heterocycles. The molecule has 0 aromatic heterocycles. The molecule has 0 radical (unpaired) electrons. The number of hydrogen-bond donors (Lipinski definition) is 1. The monoisotopic (exact) mass is 474 g/mol. The predicted molar refractivity (Wildman–Crippen MR) is 138 cm³/mol. The Morgan fingerprint density at radius 3 is 2.40 bits per heavy atom. The fourth-order valence-electron chi connectivity index (χ4n) is 4.52. The van der Waals surface area contributed by atoms with Crippen LogP contribution in [0.4, 0.5) is 10.5 Å². The van der Waals surface area contributed by atoms with E-state index in [1.54, 1.807) is 14.2 Å². The maximum Gasteiger partial charge on any atom is 0.322 e. The number of carbonyl (C=O) groups excluding carboxylic acids is 1. The normalized spacial score (nSPS) is 13.7. The molecule has 6 heteroatoms. The average Bonchev–Trinajstić information content (AvgIpc) is 2.91. The fourth-order valence-corrected chi connectivity index (χ4v) is 4.52. The summed E-state index contributed by atoms with van der Waals surface area (Å²) in [7, 11) is 3.26. The van der Waals surface area contributed by atoms with E-state index in [0.29, 0.717) is 30.4 Å². The minimum atomic E-state index is -0.104. The summed E-state index contributed by atoms with van der Waals surface area (Å²) >= 11 is 0. The number of amides is 2. The molecule has 0 unspecified atom stereocenters. The predicted octanol–water partition coefficient (Wildman–Crippen LogP) is 6.65. The third kappa shape index (κ3) is 6.69. The summed E-state index contributed by atoms with van der Waals surface area (Å²) in [5.74, 6) is 2.06. The Bertz CT molecular complexity index is 1100. The molecule has 0 saturated heterocycles. The van der Waals surface area contributed by atoms with Crippen LogP contribution in [0.2, 0.25) is 0 Å². The number of rotatable bonds is 9. The van der Waals surface area contributed by atoms with E-state index < -0.39 is 0 Å². The lowest BCUT2D eigenvalue weighted by Gasteiger charge is -2.34. The van der Waals surface area contributed by atoms with Gasteiger partial charge in [-0.3, -0.25) is 0 Å². The summed E-state index contributed by atoms with van der Waals surface area (Å²) < 4.78 is 16.9. The van der Waals surface area contributed by atoms with Crippen LogP contribution in [-0.4, -0.2) is 31.2 Å². The van der Waals surface area contributed by atoms with Crippen molar-refractivity contribution in [2.24, 2.45) is 0 Å². The van der Waals surface area contributed by atoms with Crippen molar-refractivity contribution in [3.8, 4) is 17.2 Å². The Morgan fingerprint density at radius 1 is 0.857 bits per heavy atom. The van der Waals surface area contributed by atoms with E-state index in [1.807, 2.05) is 77.7 Å². The zero-order valence-electron chi connectivity index (χ0n) is 20.5. The van der Waals surface area contributed by atoms with Crippen LogP contribution in [0.15, 0.2) is 72.8 Å². The van der Waals surface area contributed by atoms with Gasteiger partial charge in [-0.2, -0.15) is 0 Å². The van der Waals surface area contributed by atoms with E-state index >= 15 is 0 Å². The Kier molecular flexibility index (Phi) is 8.49. The molecule has 6 nitrogen and oxygen atoms in total.